The van der Waals surface area contributed by atoms with E-state index < -0.39 is 0 Å². The predicted octanol–water partition coefficient (Wildman–Crippen LogP) is 3.20. The molecule has 0 atom stereocenters. The zero-order valence-electron chi connectivity index (χ0n) is 14.3. The minimum Gasteiger partial charge on any atom is -0.493 e. The van der Waals surface area contributed by atoms with E-state index in [1.165, 1.54) is 11.3 Å². The van der Waals surface area contributed by atoms with Crippen molar-refractivity contribution in [2.24, 2.45) is 0 Å². The summed E-state index contributed by atoms with van der Waals surface area (Å²) in [4.78, 5) is 4.48. The summed E-state index contributed by atoms with van der Waals surface area (Å²) < 4.78 is 12.8. The smallest absolute Gasteiger partial charge is 0.203 e. The molecule has 132 valence electrons. The largest absolute Gasteiger partial charge is 0.493 e. The third-order valence-electron chi connectivity index (χ3n) is 4.11. The fourth-order valence-electron chi connectivity index (χ4n) is 2.84. The third kappa shape index (κ3) is 2.95. The van der Waals surface area contributed by atoms with E-state index in [0.29, 0.717) is 23.2 Å². The lowest BCUT2D eigenvalue weighted by molar-refractivity contribution is 0.354. The molecule has 0 radical (unpaired) electrons. The van der Waals surface area contributed by atoms with Crippen molar-refractivity contribution in [1.29, 1.82) is 0 Å². The highest BCUT2D eigenvalue weighted by molar-refractivity contribution is 7.18. The summed E-state index contributed by atoms with van der Waals surface area (Å²) in [7, 11) is 3.26. The molecule has 26 heavy (non-hydrogen) atoms. The van der Waals surface area contributed by atoms with Gasteiger partial charge in [-0.3, -0.25) is 0 Å². The summed E-state index contributed by atoms with van der Waals surface area (Å²) in [5.74, 6) is 1.42. The number of nitrogens with zero attached hydrogens (tertiary/aromatic N) is 4. The highest BCUT2D eigenvalue weighted by Gasteiger charge is 2.10. The Labute approximate surface area is 154 Å². The number of methoxy groups -OCH3 is 2. The van der Waals surface area contributed by atoms with Gasteiger partial charge in [-0.05, 0) is 35.9 Å². The molecule has 0 spiro atoms. The van der Waals surface area contributed by atoms with Crippen LogP contribution in [0, 0.1) is 0 Å². The van der Waals surface area contributed by atoms with Crippen LogP contribution in [0.1, 0.15) is 5.56 Å². The first kappa shape index (κ1) is 16.3. The van der Waals surface area contributed by atoms with Gasteiger partial charge in [-0.1, -0.05) is 17.4 Å². The van der Waals surface area contributed by atoms with E-state index in [0.717, 1.165) is 27.2 Å². The van der Waals surface area contributed by atoms with Gasteiger partial charge in [0, 0.05) is 12.1 Å². The first-order chi connectivity index (χ1) is 12.7. The number of rotatable bonds is 5. The maximum absolute atomic E-state index is 5.70. The molecule has 0 aliphatic heterocycles. The first-order valence-electron chi connectivity index (χ1n) is 7.93. The molecule has 2 aromatic carbocycles. The van der Waals surface area contributed by atoms with Crippen molar-refractivity contribution in [2.45, 2.75) is 6.54 Å². The lowest BCUT2D eigenvalue weighted by Crippen LogP contribution is -1.99. The van der Waals surface area contributed by atoms with Crippen LogP contribution >= 0.6 is 11.3 Å². The first-order valence-corrected chi connectivity index (χ1v) is 8.74. The Bertz CT molecular complexity index is 1070. The number of nitrogen functional groups attached to an aromatic ring is 1. The van der Waals surface area contributed by atoms with E-state index >= 15 is 0 Å². The van der Waals surface area contributed by atoms with Gasteiger partial charge >= 0.3 is 0 Å². The van der Waals surface area contributed by atoms with Gasteiger partial charge in [-0.2, -0.15) is 0 Å². The highest BCUT2D eigenvalue weighted by Crippen LogP contribution is 2.30. The number of nitrogens with two attached hydrogens (primary N) is 1. The molecule has 0 saturated carbocycles. The van der Waals surface area contributed by atoms with Crippen molar-refractivity contribution < 1.29 is 9.47 Å². The molecular weight excluding hydrogens is 350 g/mol. The minimum absolute atomic E-state index is 0.457. The number of anilines is 1. The van der Waals surface area contributed by atoms with Crippen LogP contribution in [0.4, 0.5) is 5.13 Å². The van der Waals surface area contributed by atoms with Crippen LogP contribution in [-0.2, 0) is 6.54 Å². The van der Waals surface area contributed by atoms with Gasteiger partial charge in [-0.25, -0.2) is 4.98 Å². The predicted molar refractivity (Wildman–Crippen MR) is 102 cm³/mol. The van der Waals surface area contributed by atoms with Crippen LogP contribution in [0.3, 0.4) is 0 Å². The Morgan fingerprint density at radius 2 is 1.88 bits per heavy atom. The second-order valence-electron chi connectivity index (χ2n) is 5.71. The van der Waals surface area contributed by atoms with Gasteiger partial charge in [0.2, 0.25) is 5.13 Å². The number of benzene rings is 2. The average molecular weight is 367 g/mol. The van der Waals surface area contributed by atoms with Crippen molar-refractivity contribution in [1.82, 2.24) is 19.7 Å². The van der Waals surface area contributed by atoms with Crippen LogP contribution in [0.25, 0.3) is 21.6 Å². The second kappa shape index (κ2) is 6.64. The van der Waals surface area contributed by atoms with E-state index in [1.54, 1.807) is 14.2 Å². The Morgan fingerprint density at radius 3 is 2.62 bits per heavy atom. The van der Waals surface area contributed by atoms with E-state index in [1.807, 2.05) is 36.7 Å². The summed E-state index contributed by atoms with van der Waals surface area (Å²) in [5.41, 5.74) is 9.70. The Hall–Kier alpha value is -3.13. The third-order valence-corrected chi connectivity index (χ3v) is 4.91. The second-order valence-corrected chi connectivity index (χ2v) is 6.72. The topological polar surface area (TPSA) is 88.1 Å². The van der Waals surface area contributed by atoms with Crippen molar-refractivity contribution >= 4 is 27.5 Å². The summed E-state index contributed by atoms with van der Waals surface area (Å²) in [6.07, 6.45) is 1.83. The lowest BCUT2D eigenvalue weighted by atomic mass is 10.2. The van der Waals surface area contributed by atoms with E-state index in [2.05, 4.69) is 25.8 Å². The fraction of sp³-hybridized carbons (Fsp3) is 0.167. The highest BCUT2D eigenvalue weighted by atomic mass is 32.1. The molecule has 0 unspecified atom stereocenters. The summed E-state index contributed by atoms with van der Waals surface area (Å²) in [5, 5.41) is 9.25. The Kier molecular flexibility index (Phi) is 4.18. The van der Waals surface area contributed by atoms with Gasteiger partial charge in [0.1, 0.15) is 5.01 Å². The molecule has 0 bridgehead atoms. The SMILES string of the molecule is COc1ccc(Cn2cnc3ccc(-c4nnc(N)s4)cc32)cc1OC. The molecule has 2 aromatic heterocycles. The lowest BCUT2D eigenvalue weighted by Gasteiger charge is -2.10. The molecule has 0 aliphatic rings. The monoisotopic (exact) mass is 367 g/mol. The maximum Gasteiger partial charge on any atom is 0.203 e. The molecule has 2 heterocycles. The molecule has 0 aliphatic carbocycles. The van der Waals surface area contributed by atoms with E-state index in [4.69, 9.17) is 15.2 Å². The standard InChI is InChI=1S/C18H17N5O2S/c1-24-15-6-3-11(7-16(15)25-2)9-23-10-20-13-5-4-12(8-14(13)23)17-21-22-18(19)26-17/h3-8,10H,9H2,1-2H3,(H2,19,22). The van der Waals surface area contributed by atoms with Gasteiger partial charge in [-0.15, -0.1) is 10.2 Å². The normalized spacial score (nSPS) is 11.0. The number of aromatic nitrogens is 4. The van der Waals surface area contributed by atoms with E-state index in [9.17, 15) is 0 Å². The minimum atomic E-state index is 0.457. The summed E-state index contributed by atoms with van der Waals surface area (Å²) in [6.45, 7) is 0.665. The molecule has 0 amide bonds. The van der Waals surface area contributed by atoms with Crippen molar-refractivity contribution in [3.8, 4) is 22.1 Å². The van der Waals surface area contributed by atoms with Crippen LogP contribution < -0.4 is 15.2 Å². The fourth-order valence-corrected chi connectivity index (χ4v) is 3.45. The van der Waals surface area contributed by atoms with Crippen LogP contribution in [0.15, 0.2) is 42.7 Å². The number of hydrogen-bond donors (Lipinski definition) is 1. The number of imidazole rings is 1. The number of ether oxygens (including phenoxy) is 2. The zero-order valence-corrected chi connectivity index (χ0v) is 15.2. The molecule has 0 fully saturated rings. The summed E-state index contributed by atoms with van der Waals surface area (Å²) in [6, 6.07) is 11.9. The molecule has 8 heteroatoms. The van der Waals surface area contributed by atoms with Gasteiger partial charge < -0.3 is 19.8 Å². The quantitative estimate of drug-likeness (QED) is 0.583. The van der Waals surface area contributed by atoms with Crippen LogP contribution in [0.5, 0.6) is 11.5 Å². The molecule has 2 N–H and O–H groups in total. The van der Waals surface area contributed by atoms with E-state index in [-0.39, 0.29) is 0 Å². The van der Waals surface area contributed by atoms with Gasteiger partial charge in [0.15, 0.2) is 11.5 Å². The molecule has 4 rings (SSSR count). The average Bonchev–Trinajstić information content (AvgIpc) is 3.27. The van der Waals surface area contributed by atoms with Crippen molar-refractivity contribution in [2.75, 3.05) is 20.0 Å². The molecule has 7 nitrogen and oxygen atoms in total. The van der Waals surface area contributed by atoms with Crippen molar-refractivity contribution in [3.63, 3.8) is 0 Å². The molecule has 4 aromatic rings. The van der Waals surface area contributed by atoms with Gasteiger partial charge in [0.25, 0.3) is 0 Å². The number of fused-ring (bicyclic) bond motifs is 1. The number of hydrogen-bond acceptors (Lipinski definition) is 7. The van der Waals surface area contributed by atoms with Crippen molar-refractivity contribution in [3.05, 3.63) is 48.3 Å². The van der Waals surface area contributed by atoms with Gasteiger partial charge in [0.05, 0.1) is 31.6 Å². The zero-order chi connectivity index (χ0) is 18.1. The Balaban J connectivity index is 1.70. The van der Waals surface area contributed by atoms with Crippen LogP contribution in [0.2, 0.25) is 0 Å². The summed E-state index contributed by atoms with van der Waals surface area (Å²) >= 11 is 1.37. The molecule has 0 saturated heterocycles. The van der Waals surface area contributed by atoms with Crippen LogP contribution in [-0.4, -0.2) is 34.0 Å². The maximum atomic E-state index is 5.70. The molecular formula is C18H17N5O2S. The Morgan fingerprint density at radius 1 is 1.04 bits per heavy atom.